The fourth-order valence-electron chi connectivity index (χ4n) is 2.14. The Morgan fingerprint density at radius 1 is 1.21 bits per heavy atom. The van der Waals surface area contributed by atoms with E-state index in [4.69, 9.17) is 0 Å². The summed E-state index contributed by atoms with van der Waals surface area (Å²) in [4.78, 5) is 24.5. The van der Waals surface area contributed by atoms with Crippen LogP contribution in [-0.4, -0.2) is 33.5 Å². The Morgan fingerprint density at radius 2 is 1.74 bits per heavy atom. The van der Waals surface area contributed by atoms with Crippen LogP contribution in [0.2, 0.25) is 0 Å². The number of hydrogen-bond acceptors (Lipinski definition) is 2. The van der Waals surface area contributed by atoms with Crippen LogP contribution in [0.3, 0.4) is 0 Å². The lowest BCUT2D eigenvalue weighted by atomic mass is 9.96. The maximum Gasteiger partial charge on any atom is 0.408 e. The first-order chi connectivity index (χ1) is 8.73. The van der Waals surface area contributed by atoms with Crippen molar-refractivity contribution in [3.8, 4) is 0 Å². The van der Waals surface area contributed by atoms with Gasteiger partial charge >= 0.3 is 6.09 Å². The normalized spacial score (nSPS) is 12.8. The van der Waals surface area contributed by atoms with E-state index in [2.05, 4.69) is 0 Å². The van der Waals surface area contributed by atoms with Gasteiger partial charge in [-0.2, -0.15) is 0 Å². The first-order valence-electron chi connectivity index (χ1n) is 6.30. The number of nitrogens with zero attached hydrogens (tertiary/aromatic N) is 1. The summed E-state index contributed by atoms with van der Waals surface area (Å²) in [6.07, 6.45) is -0.664. The van der Waals surface area contributed by atoms with Crippen LogP contribution in [0.15, 0.2) is 30.3 Å². The number of Topliss-reactive ketones (excluding diaryl/α,β-unsaturated/α-hetero) is 1. The first-order valence-corrected chi connectivity index (χ1v) is 6.30. The highest BCUT2D eigenvalue weighted by Gasteiger charge is 2.35. The van der Waals surface area contributed by atoms with E-state index in [0.29, 0.717) is 6.42 Å². The number of carboxylic acid groups (broad SMARTS) is 1. The van der Waals surface area contributed by atoms with Crippen LogP contribution in [0.1, 0.15) is 33.3 Å². The summed E-state index contributed by atoms with van der Waals surface area (Å²) in [5.74, 6) is -0.138. The summed E-state index contributed by atoms with van der Waals surface area (Å²) in [6.45, 7) is 6.82. The second kappa shape index (κ2) is 5.87. The van der Waals surface area contributed by atoms with Crippen molar-refractivity contribution in [2.75, 3.05) is 0 Å². The highest BCUT2D eigenvalue weighted by atomic mass is 16.4. The van der Waals surface area contributed by atoms with Gasteiger partial charge in [-0.3, -0.25) is 9.69 Å². The molecule has 1 unspecified atom stereocenters. The summed E-state index contributed by atoms with van der Waals surface area (Å²) in [6, 6.07) is 8.81. The molecule has 0 saturated heterocycles. The molecular formula is C15H21NO3. The van der Waals surface area contributed by atoms with Gasteiger partial charge in [-0.1, -0.05) is 30.3 Å². The average molecular weight is 263 g/mol. The van der Waals surface area contributed by atoms with E-state index in [0.717, 1.165) is 5.56 Å². The van der Waals surface area contributed by atoms with Crippen molar-refractivity contribution in [1.82, 2.24) is 4.90 Å². The van der Waals surface area contributed by atoms with Crippen molar-refractivity contribution in [3.63, 3.8) is 0 Å². The Bertz CT molecular complexity index is 448. The lowest BCUT2D eigenvalue weighted by molar-refractivity contribution is -0.123. The van der Waals surface area contributed by atoms with Crippen molar-refractivity contribution < 1.29 is 14.7 Å². The van der Waals surface area contributed by atoms with Crippen LogP contribution < -0.4 is 0 Å². The molecule has 1 aromatic carbocycles. The van der Waals surface area contributed by atoms with E-state index in [1.807, 2.05) is 30.3 Å². The van der Waals surface area contributed by atoms with Crippen LogP contribution in [-0.2, 0) is 11.2 Å². The Labute approximate surface area is 114 Å². The average Bonchev–Trinajstić information content (AvgIpc) is 2.27. The van der Waals surface area contributed by atoms with Crippen LogP contribution in [0.5, 0.6) is 0 Å². The summed E-state index contributed by atoms with van der Waals surface area (Å²) >= 11 is 0. The van der Waals surface area contributed by atoms with E-state index in [1.54, 1.807) is 20.8 Å². The van der Waals surface area contributed by atoms with E-state index >= 15 is 0 Å². The second-order valence-corrected chi connectivity index (χ2v) is 5.64. The monoisotopic (exact) mass is 263 g/mol. The number of carbonyl (C=O) groups is 2. The molecule has 1 atom stereocenters. The second-order valence-electron chi connectivity index (χ2n) is 5.64. The third-order valence-electron chi connectivity index (χ3n) is 2.98. The van der Waals surface area contributed by atoms with Gasteiger partial charge in [0.2, 0.25) is 0 Å². The maximum absolute atomic E-state index is 11.8. The lowest BCUT2D eigenvalue weighted by Crippen LogP contribution is -2.54. The minimum Gasteiger partial charge on any atom is -0.465 e. The molecule has 0 spiro atoms. The van der Waals surface area contributed by atoms with Gasteiger partial charge in [-0.15, -0.1) is 0 Å². The topological polar surface area (TPSA) is 57.6 Å². The molecule has 104 valence electrons. The zero-order valence-electron chi connectivity index (χ0n) is 11.9. The largest absolute Gasteiger partial charge is 0.465 e. The third kappa shape index (κ3) is 4.09. The SMILES string of the molecule is CC(=O)C(Cc1ccccc1)N(C(=O)O)C(C)(C)C. The van der Waals surface area contributed by atoms with Crippen molar-refractivity contribution >= 4 is 11.9 Å². The zero-order valence-corrected chi connectivity index (χ0v) is 11.9. The lowest BCUT2D eigenvalue weighted by Gasteiger charge is -2.38. The smallest absolute Gasteiger partial charge is 0.408 e. The number of carbonyl (C=O) groups excluding carboxylic acids is 1. The quantitative estimate of drug-likeness (QED) is 0.908. The van der Waals surface area contributed by atoms with Crippen LogP contribution in [0.25, 0.3) is 0 Å². The van der Waals surface area contributed by atoms with E-state index in [-0.39, 0.29) is 5.78 Å². The molecule has 19 heavy (non-hydrogen) atoms. The van der Waals surface area contributed by atoms with Gasteiger partial charge in [-0.05, 0) is 33.3 Å². The summed E-state index contributed by atoms with van der Waals surface area (Å²) in [5, 5.41) is 9.38. The van der Waals surface area contributed by atoms with Crippen LogP contribution >= 0.6 is 0 Å². The third-order valence-corrected chi connectivity index (χ3v) is 2.98. The van der Waals surface area contributed by atoms with Gasteiger partial charge in [-0.25, -0.2) is 4.79 Å². The standard InChI is InChI=1S/C15H21NO3/c1-11(17)13(10-12-8-6-5-7-9-12)16(14(18)19)15(2,3)4/h5-9,13H,10H2,1-4H3,(H,18,19). The molecule has 1 aromatic rings. The molecule has 0 aliphatic heterocycles. The number of amides is 1. The highest BCUT2D eigenvalue weighted by Crippen LogP contribution is 2.21. The molecule has 1 N–H and O–H groups in total. The number of hydrogen-bond donors (Lipinski definition) is 1. The Hall–Kier alpha value is -1.84. The van der Waals surface area contributed by atoms with Crippen molar-refractivity contribution in [2.24, 2.45) is 0 Å². The van der Waals surface area contributed by atoms with Crippen molar-refractivity contribution in [1.29, 1.82) is 0 Å². The van der Waals surface area contributed by atoms with Gasteiger partial charge in [0.05, 0.1) is 6.04 Å². The zero-order chi connectivity index (χ0) is 14.6. The predicted molar refractivity (Wildman–Crippen MR) is 74.2 cm³/mol. The molecule has 0 heterocycles. The van der Waals surface area contributed by atoms with Gasteiger partial charge < -0.3 is 5.11 Å². The minimum absolute atomic E-state index is 0.138. The van der Waals surface area contributed by atoms with Gasteiger partial charge in [0.15, 0.2) is 5.78 Å². The molecule has 0 bridgehead atoms. The molecule has 0 radical (unpaired) electrons. The number of benzene rings is 1. The molecule has 0 fully saturated rings. The summed E-state index contributed by atoms with van der Waals surface area (Å²) in [5.41, 5.74) is 0.343. The Kier molecular flexibility index (Phi) is 4.70. The van der Waals surface area contributed by atoms with Crippen LogP contribution in [0, 0.1) is 0 Å². The molecular weight excluding hydrogens is 242 g/mol. The summed E-state index contributed by atoms with van der Waals surface area (Å²) in [7, 11) is 0. The van der Waals surface area contributed by atoms with Gasteiger partial charge in [0, 0.05) is 12.0 Å². The van der Waals surface area contributed by atoms with Gasteiger partial charge in [0.25, 0.3) is 0 Å². The van der Waals surface area contributed by atoms with Crippen LogP contribution in [0.4, 0.5) is 4.79 Å². The summed E-state index contributed by atoms with van der Waals surface area (Å²) < 4.78 is 0. The van der Waals surface area contributed by atoms with Crippen molar-refractivity contribution in [2.45, 2.75) is 45.7 Å². The van der Waals surface area contributed by atoms with E-state index in [1.165, 1.54) is 11.8 Å². The molecule has 4 heteroatoms. The maximum atomic E-state index is 11.8. The Balaban J connectivity index is 3.06. The van der Waals surface area contributed by atoms with E-state index < -0.39 is 17.7 Å². The van der Waals surface area contributed by atoms with Gasteiger partial charge in [0.1, 0.15) is 0 Å². The van der Waals surface area contributed by atoms with Crippen molar-refractivity contribution in [3.05, 3.63) is 35.9 Å². The molecule has 0 aliphatic carbocycles. The minimum atomic E-state index is -1.07. The predicted octanol–water partition coefficient (Wildman–Crippen LogP) is 2.97. The molecule has 0 aliphatic rings. The fourth-order valence-corrected chi connectivity index (χ4v) is 2.14. The molecule has 4 nitrogen and oxygen atoms in total. The highest BCUT2D eigenvalue weighted by molar-refractivity contribution is 5.85. The molecule has 0 saturated carbocycles. The number of ketones is 1. The molecule has 1 amide bonds. The number of rotatable bonds is 4. The first kappa shape index (κ1) is 15.2. The molecule has 1 rings (SSSR count). The fraction of sp³-hybridized carbons (Fsp3) is 0.467. The Morgan fingerprint density at radius 3 is 2.11 bits per heavy atom. The van der Waals surface area contributed by atoms with E-state index in [9.17, 15) is 14.7 Å². The molecule has 0 aromatic heterocycles.